The minimum absolute atomic E-state index is 0.232. The molecule has 5 nitrogen and oxygen atoms in total. The minimum atomic E-state index is -0.608. The Morgan fingerprint density at radius 3 is 2.52 bits per heavy atom. The van der Waals surface area contributed by atoms with Gasteiger partial charge in [-0.15, -0.1) is 0 Å². The second-order valence-electron chi connectivity index (χ2n) is 7.11. The Kier molecular flexibility index (Phi) is 5.84. The molecule has 3 aromatic carbocycles. The molecule has 0 fully saturated rings. The zero-order valence-electron chi connectivity index (χ0n) is 16.3. The van der Waals surface area contributed by atoms with Crippen molar-refractivity contribution in [3.63, 3.8) is 0 Å². The number of rotatable bonds is 4. The molecule has 4 rings (SSSR count). The number of amides is 2. The van der Waals surface area contributed by atoms with Crippen LogP contribution in [0, 0.1) is 5.82 Å². The summed E-state index contributed by atoms with van der Waals surface area (Å²) in [5, 5.41) is 9.35. The van der Waals surface area contributed by atoms with Crippen LogP contribution >= 0.6 is 11.6 Å². The van der Waals surface area contributed by atoms with Gasteiger partial charge in [0.2, 0.25) is 0 Å². The lowest BCUT2D eigenvalue weighted by atomic mass is 10.0. The number of fused-ring (bicyclic) bond motifs is 1. The quantitative estimate of drug-likeness (QED) is 0.269. The molecule has 2 N–H and O–H groups in total. The Morgan fingerprint density at radius 1 is 1.03 bits per heavy atom. The second-order valence-corrected chi connectivity index (χ2v) is 7.55. The first-order chi connectivity index (χ1) is 15.0. The number of hydrogen-bond acceptors (Lipinski definition) is 3. The molecule has 0 saturated heterocycles. The highest BCUT2D eigenvalue weighted by Gasteiger charge is 2.28. The molecule has 1 heterocycles. The van der Waals surface area contributed by atoms with E-state index in [1.54, 1.807) is 71.1 Å². The highest BCUT2D eigenvalue weighted by atomic mass is 35.5. The Morgan fingerprint density at radius 2 is 1.81 bits per heavy atom. The number of nitrogens with zero attached hydrogens (tertiary/aromatic N) is 1. The molecular weight excluding hydrogens is 419 g/mol. The van der Waals surface area contributed by atoms with Crippen LogP contribution in [-0.2, 0) is 11.2 Å². The lowest BCUT2D eigenvalue weighted by Crippen LogP contribution is -2.29. The van der Waals surface area contributed by atoms with Crippen LogP contribution in [0.4, 0.5) is 10.1 Å². The van der Waals surface area contributed by atoms with Crippen LogP contribution in [0.5, 0.6) is 0 Å². The number of carbonyl (C=O) groups is 2. The molecule has 156 valence electrons. The van der Waals surface area contributed by atoms with Gasteiger partial charge in [-0.2, -0.15) is 0 Å². The van der Waals surface area contributed by atoms with Crippen molar-refractivity contribution in [2.45, 2.75) is 6.42 Å². The summed E-state index contributed by atoms with van der Waals surface area (Å²) in [6.07, 6.45) is 2.28. The van der Waals surface area contributed by atoms with Crippen LogP contribution in [-0.4, -0.2) is 23.6 Å². The summed E-state index contributed by atoms with van der Waals surface area (Å²) < 4.78 is 13.3. The number of benzene rings is 3. The molecule has 2 amide bonds. The average molecular weight is 437 g/mol. The smallest absolute Gasteiger partial charge is 0.274 e. The molecular formula is C24H18ClFN2O3. The Labute approximate surface area is 183 Å². The summed E-state index contributed by atoms with van der Waals surface area (Å²) >= 11 is 6.16. The summed E-state index contributed by atoms with van der Waals surface area (Å²) in [6.45, 7) is 0.444. The summed E-state index contributed by atoms with van der Waals surface area (Å²) in [5.41, 5.74) is 5.20. The van der Waals surface area contributed by atoms with Crippen LogP contribution in [0.25, 0.3) is 11.6 Å². The Bertz CT molecular complexity index is 1190. The van der Waals surface area contributed by atoms with Gasteiger partial charge in [-0.25, -0.2) is 9.87 Å². The van der Waals surface area contributed by atoms with E-state index >= 15 is 0 Å². The number of nitrogens with one attached hydrogen (secondary N) is 1. The van der Waals surface area contributed by atoms with Crippen LogP contribution in [0.1, 0.15) is 27.0 Å². The third-order valence-corrected chi connectivity index (χ3v) is 5.37. The van der Waals surface area contributed by atoms with Gasteiger partial charge in [0.1, 0.15) is 5.82 Å². The van der Waals surface area contributed by atoms with Crippen molar-refractivity contribution < 1.29 is 19.2 Å². The first-order valence-corrected chi connectivity index (χ1v) is 9.96. The summed E-state index contributed by atoms with van der Waals surface area (Å²) in [7, 11) is 0. The lowest BCUT2D eigenvalue weighted by Gasteiger charge is -2.20. The molecule has 0 unspecified atom stereocenters. The monoisotopic (exact) mass is 436 g/mol. The average Bonchev–Trinajstić information content (AvgIpc) is 3.21. The number of anilines is 1. The number of hydroxylamine groups is 1. The largest absolute Gasteiger partial charge is 0.308 e. The lowest BCUT2D eigenvalue weighted by molar-refractivity contribution is -0.113. The fourth-order valence-corrected chi connectivity index (χ4v) is 3.80. The molecule has 1 aliphatic rings. The van der Waals surface area contributed by atoms with Gasteiger partial charge >= 0.3 is 0 Å². The molecule has 1 aliphatic heterocycles. The standard InChI is InChI=1S/C24H18ClFN2O3/c25-19-3-1-2-16(14-19)21(12-15-4-7-20(26)8-5-15)24(30)28-11-10-17-13-18(23(29)27-31)6-9-22(17)28/h1-9,12-14,31H,10-11H2,(H,27,29)/b21-12-. The molecule has 0 aliphatic carbocycles. The Balaban J connectivity index is 1.74. The molecule has 0 saturated carbocycles. The fourth-order valence-electron chi connectivity index (χ4n) is 3.61. The second kappa shape index (κ2) is 8.71. The van der Waals surface area contributed by atoms with Crippen molar-refractivity contribution in [3.8, 4) is 0 Å². The van der Waals surface area contributed by atoms with Gasteiger partial charge in [-0.1, -0.05) is 35.9 Å². The van der Waals surface area contributed by atoms with Gasteiger partial charge in [-0.05, 0) is 71.7 Å². The molecule has 0 atom stereocenters. The Hall–Kier alpha value is -3.48. The maximum absolute atomic E-state index is 13.6. The van der Waals surface area contributed by atoms with Crippen LogP contribution in [0.2, 0.25) is 5.02 Å². The number of carbonyl (C=O) groups excluding carboxylic acids is 2. The third kappa shape index (κ3) is 4.35. The van der Waals surface area contributed by atoms with Gasteiger partial charge in [0.15, 0.2) is 0 Å². The molecule has 31 heavy (non-hydrogen) atoms. The molecule has 0 aromatic heterocycles. The molecule has 7 heteroatoms. The highest BCUT2D eigenvalue weighted by molar-refractivity contribution is 6.33. The van der Waals surface area contributed by atoms with E-state index in [1.165, 1.54) is 12.1 Å². The zero-order chi connectivity index (χ0) is 22.0. The van der Waals surface area contributed by atoms with Gasteiger partial charge in [-0.3, -0.25) is 14.8 Å². The minimum Gasteiger partial charge on any atom is -0.308 e. The van der Waals surface area contributed by atoms with E-state index < -0.39 is 5.91 Å². The molecule has 0 radical (unpaired) electrons. The summed E-state index contributed by atoms with van der Waals surface area (Å²) in [5.74, 6) is -1.20. The molecule has 0 bridgehead atoms. The maximum Gasteiger partial charge on any atom is 0.274 e. The van der Waals surface area contributed by atoms with Crippen molar-refractivity contribution in [1.29, 1.82) is 0 Å². The number of hydrogen-bond donors (Lipinski definition) is 2. The van der Waals surface area contributed by atoms with Crippen molar-refractivity contribution >= 4 is 40.8 Å². The van der Waals surface area contributed by atoms with Crippen LogP contribution in [0.3, 0.4) is 0 Å². The van der Waals surface area contributed by atoms with E-state index in [9.17, 15) is 14.0 Å². The van der Waals surface area contributed by atoms with Crippen molar-refractivity contribution in [3.05, 3.63) is 99.8 Å². The van der Waals surface area contributed by atoms with E-state index in [2.05, 4.69) is 0 Å². The highest BCUT2D eigenvalue weighted by Crippen LogP contribution is 2.33. The van der Waals surface area contributed by atoms with Crippen molar-refractivity contribution in [2.75, 3.05) is 11.4 Å². The summed E-state index contributed by atoms with van der Waals surface area (Å²) in [6, 6.07) is 17.8. The van der Waals surface area contributed by atoms with Crippen LogP contribution in [0.15, 0.2) is 66.7 Å². The predicted octanol–water partition coefficient (Wildman–Crippen LogP) is 4.73. The van der Waals surface area contributed by atoms with E-state index in [0.717, 1.165) is 5.56 Å². The normalized spacial score (nSPS) is 13.1. The fraction of sp³-hybridized carbons (Fsp3) is 0.0833. The van der Waals surface area contributed by atoms with Crippen LogP contribution < -0.4 is 10.4 Å². The van der Waals surface area contributed by atoms with Crippen molar-refractivity contribution in [2.24, 2.45) is 0 Å². The molecule has 0 spiro atoms. The van der Waals surface area contributed by atoms with Gasteiger partial charge < -0.3 is 4.90 Å². The van der Waals surface area contributed by atoms with Gasteiger partial charge in [0.25, 0.3) is 11.8 Å². The van der Waals surface area contributed by atoms with Crippen molar-refractivity contribution in [1.82, 2.24) is 5.48 Å². The molecule has 3 aromatic rings. The summed E-state index contributed by atoms with van der Waals surface area (Å²) in [4.78, 5) is 26.9. The van der Waals surface area contributed by atoms with E-state index in [-0.39, 0.29) is 11.7 Å². The van der Waals surface area contributed by atoms with Gasteiger partial charge in [0, 0.05) is 28.4 Å². The first-order valence-electron chi connectivity index (χ1n) is 9.58. The zero-order valence-corrected chi connectivity index (χ0v) is 17.1. The predicted molar refractivity (Wildman–Crippen MR) is 117 cm³/mol. The van der Waals surface area contributed by atoms with E-state index in [4.69, 9.17) is 16.8 Å². The maximum atomic E-state index is 13.6. The van der Waals surface area contributed by atoms with Gasteiger partial charge in [0.05, 0.1) is 0 Å². The SMILES string of the molecule is O=C(NO)c1ccc2c(c1)CCN2C(=O)/C(=C\c1ccc(F)cc1)c1cccc(Cl)c1. The van der Waals surface area contributed by atoms with E-state index in [1.807, 2.05) is 0 Å². The number of halogens is 2. The first kappa shape index (κ1) is 20.8. The third-order valence-electron chi connectivity index (χ3n) is 5.13. The van der Waals surface area contributed by atoms with E-state index in [0.29, 0.717) is 45.9 Å². The topological polar surface area (TPSA) is 69.6 Å².